The molecular formula is C23H18F8N4O3. The highest BCUT2D eigenvalue weighted by atomic mass is 19.3. The molecule has 1 aromatic carbocycles. The first-order chi connectivity index (χ1) is 17.9. The molecule has 15 heteroatoms. The highest BCUT2D eigenvalue weighted by Crippen LogP contribution is 2.26. The van der Waals surface area contributed by atoms with E-state index in [0.717, 1.165) is 6.07 Å². The second kappa shape index (κ2) is 10.6. The Morgan fingerprint density at radius 3 is 2.26 bits per heavy atom. The molecule has 204 valence electrons. The summed E-state index contributed by atoms with van der Waals surface area (Å²) in [7, 11) is 0. The number of nitrogens with one attached hydrogen (secondary N) is 1. The summed E-state index contributed by atoms with van der Waals surface area (Å²) in [6.45, 7) is 0.485. The number of aliphatic hydroxyl groups is 1. The van der Waals surface area contributed by atoms with Crippen LogP contribution in [0, 0.1) is 17.5 Å². The molecule has 2 N–H and O–H groups in total. The zero-order chi connectivity index (χ0) is 27.9. The van der Waals surface area contributed by atoms with Crippen molar-refractivity contribution in [3.8, 4) is 5.69 Å². The van der Waals surface area contributed by atoms with Crippen molar-refractivity contribution in [3.05, 3.63) is 63.7 Å². The Hall–Kier alpha value is -3.75. The monoisotopic (exact) mass is 550 g/mol. The summed E-state index contributed by atoms with van der Waals surface area (Å²) in [5.74, 6) is -5.84. The third-order valence-corrected chi connectivity index (χ3v) is 5.94. The van der Waals surface area contributed by atoms with E-state index in [1.54, 1.807) is 4.90 Å². The molecule has 0 radical (unpaired) electrons. The number of β-amino-alcohol motifs (C(OH)–C–C–N with tert-alkyl or cyclic N) is 1. The van der Waals surface area contributed by atoms with Gasteiger partial charge in [0, 0.05) is 31.4 Å². The summed E-state index contributed by atoms with van der Waals surface area (Å²) < 4.78 is 109. The molecular weight excluding hydrogens is 532 g/mol. The maximum absolute atomic E-state index is 14.7. The summed E-state index contributed by atoms with van der Waals surface area (Å²) in [5, 5.41) is 10.7. The van der Waals surface area contributed by atoms with Crippen LogP contribution in [-0.4, -0.2) is 64.8 Å². The lowest BCUT2D eigenvalue weighted by atomic mass is 10.1. The van der Waals surface area contributed by atoms with Crippen molar-refractivity contribution in [1.82, 2.24) is 14.9 Å². The largest absolute Gasteiger partial charge is 0.391 e. The van der Waals surface area contributed by atoms with Crippen LogP contribution in [0.5, 0.6) is 0 Å². The van der Waals surface area contributed by atoms with Crippen molar-refractivity contribution in [3.63, 3.8) is 0 Å². The number of halogens is 8. The maximum atomic E-state index is 14.7. The van der Waals surface area contributed by atoms with E-state index < -0.39 is 82.2 Å². The van der Waals surface area contributed by atoms with Crippen LogP contribution in [0.2, 0.25) is 0 Å². The molecule has 4 rings (SSSR count). The minimum absolute atomic E-state index is 0.145. The van der Waals surface area contributed by atoms with Crippen LogP contribution in [0.15, 0.2) is 35.3 Å². The number of rotatable bonds is 7. The predicted molar refractivity (Wildman–Crippen MR) is 118 cm³/mol. The molecule has 3 atom stereocenters. The number of pyridine rings is 2. The molecule has 0 saturated carbocycles. The van der Waals surface area contributed by atoms with E-state index in [1.807, 2.05) is 0 Å². The van der Waals surface area contributed by atoms with E-state index in [-0.39, 0.29) is 12.4 Å². The number of benzene rings is 1. The molecule has 1 aliphatic heterocycles. The first-order valence-corrected chi connectivity index (χ1v) is 11.0. The highest BCUT2D eigenvalue weighted by molar-refractivity contribution is 5.97. The van der Waals surface area contributed by atoms with Gasteiger partial charge in [-0.1, -0.05) is 0 Å². The van der Waals surface area contributed by atoms with Crippen molar-refractivity contribution >= 4 is 22.8 Å². The number of carbonyl (C=O) groups excluding carboxylic acids is 1. The van der Waals surface area contributed by atoms with Gasteiger partial charge in [0.25, 0.3) is 18.8 Å². The molecule has 7 nitrogen and oxygen atoms in total. The van der Waals surface area contributed by atoms with Gasteiger partial charge in [-0.2, -0.15) is 0 Å². The van der Waals surface area contributed by atoms with E-state index in [1.165, 1.54) is 11.4 Å². The Morgan fingerprint density at radius 2 is 1.71 bits per heavy atom. The molecule has 1 amide bonds. The normalized spacial score (nSPS) is 17.4. The summed E-state index contributed by atoms with van der Waals surface area (Å²) in [6.07, 6.45) is -11.0. The van der Waals surface area contributed by atoms with Crippen molar-refractivity contribution < 1.29 is 45.0 Å². The van der Waals surface area contributed by atoms with Gasteiger partial charge >= 0.3 is 0 Å². The van der Waals surface area contributed by atoms with Crippen molar-refractivity contribution in [1.29, 1.82) is 0 Å². The average molecular weight is 550 g/mol. The van der Waals surface area contributed by atoms with Crippen LogP contribution in [0.3, 0.4) is 0 Å². The van der Waals surface area contributed by atoms with Gasteiger partial charge in [-0.3, -0.25) is 14.2 Å². The van der Waals surface area contributed by atoms with Crippen LogP contribution in [0.1, 0.15) is 16.8 Å². The molecule has 2 aromatic heterocycles. The van der Waals surface area contributed by atoms with Crippen LogP contribution in [0.25, 0.3) is 16.7 Å². The molecule has 0 spiro atoms. The second-order valence-electron chi connectivity index (χ2n) is 8.50. The first-order valence-electron chi connectivity index (χ1n) is 11.0. The number of fused-ring (bicyclic) bond motifs is 1. The van der Waals surface area contributed by atoms with E-state index in [0.29, 0.717) is 35.9 Å². The summed E-state index contributed by atoms with van der Waals surface area (Å²) in [4.78, 5) is 31.6. The fourth-order valence-electron chi connectivity index (χ4n) is 4.08. The van der Waals surface area contributed by atoms with Crippen molar-refractivity contribution in [2.75, 3.05) is 18.0 Å². The smallest absolute Gasteiger partial charge is 0.271 e. The minimum atomic E-state index is -3.89. The van der Waals surface area contributed by atoms with Crippen LogP contribution in [0.4, 0.5) is 40.9 Å². The van der Waals surface area contributed by atoms with Gasteiger partial charge < -0.3 is 15.3 Å². The quantitative estimate of drug-likeness (QED) is 0.441. The first kappa shape index (κ1) is 27.3. The Balaban J connectivity index is 1.92. The van der Waals surface area contributed by atoms with Crippen LogP contribution < -0.4 is 15.6 Å². The lowest BCUT2D eigenvalue weighted by molar-refractivity contribution is -0.0201. The summed E-state index contributed by atoms with van der Waals surface area (Å²) >= 11 is 0. The lowest BCUT2D eigenvalue weighted by Crippen LogP contribution is -2.49. The van der Waals surface area contributed by atoms with Gasteiger partial charge in [-0.05, 0) is 18.6 Å². The molecule has 3 aromatic rings. The number of carbonyl (C=O) groups is 1. The number of nitrogens with zero attached hydrogens (tertiary/aromatic N) is 3. The van der Waals surface area contributed by atoms with Crippen LogP contribution >= 0.6 is 0 Å². The molecule has 1 aliphatic rings. The van der Waals surface area contributed by atoms with Gasteiger partial charge in [0.1, 0.15) is 28.9 Å². The van der Waals surface area contributed by atoms with E-state index in [2.05, 4.69) is 4.98 Å². The zero-order valence-corrected chi connectivity index (χ0v) is 19.0. The summed E-state index contributed by atoms with van der Waals surface area (Å²) in [6, 6.07) is -0.00857. The van der Waals surface area contributed by atoms with E-state index >= 15 is 0 Å². The topological polar surface area (TPSA) is 87.5 Å². The zero-order valence-electron chi connectivity index (χ0n) is 19.0. The number of hydrogen-bond acceptors (Lipinski definition) is 5. The predicted octanol–water partition coefficient (Wildman–Crippen LogP) is 3.34. The molecule has 38 heavy (non-hydrogen) atoms. The number of aromatic nitrogens is 2. The molecule has 0 aliphatic carbocycles. The SMILES string of the molecule is O=C(NC(C(F)F)C(F)C(F)F)c1cn(-c2c(F)cc(F)cc2F)c2nc(N3CC[C@H](O)C3)ccc2c1=O. The van der Waals surface area contributed by atoms with Gasteiger partial charge in [0.05, 0.1) is 11.5 Å². The Morgan fingerprint density at radius 1 is 1.05 bits per heavy atom. The third-order valence-electron chi connectivity index (χ3n) is 5.94. The lowest BCUT2D eigenvalue weighted by Gasteiger charge is -2.22. The molecule has 2 unspecified atom stereocenters. The van der Waals surface area contributed by atoms with Crippen molar-refractivity contribution in [2.24, 2.45) is 0 Å². The number of hydrogen-bond donors (Lipinski definition) is 2. The number of amides is 1. The Labute approximate surface area is 208 Å². The van der Waals surface area contributed by atoms with Gasteiger partial charge in [0.15, 0.2) is 23.5 Å². The van der Waals surface area contributed by atoms with Gasteiger partial charge in [-0.15, -0.1) is 0 Å². The maximum Gasteiger partial charge on any atom is 0.271 e. The fraction of sp³-hybridized carbons (Fsp3) is 0.348. The third kappa shape index (κ3) is 5.14. The van der Waals surface area contributed by atoms with Gasteiger partial charge in [-0.25, -0.2) is 40.1 Å². The fourth-order valence-corrected chi connectivity index (χ4v) is 4.08. The van der Waals surface area contributed by atoms with Crippen molar-refractivity contribution in [2.45, 2.75) is 37.6 Å². The number of alkyl halides is 5. The summed E-state index contributed by atoms with van der Waals surface area (Å²) in [5.41, 5.74) is -3.69. The minimum Gasteiger partial charge on any atom is -0.391 e. The second-order valence-corrected chi connectivity index (χ2v) is 8.50. The number of aliphatic hydroxyl groups excluding tert-OH is 1. The average Bonchev–Trinajstić information content (AvgIpc) is 3.28. The Kier molecular flexibility index (Phi) is 7.58. The standard InChI is InChI=1S/C23H18F8N4O3/c24-9-5-13(25)18(14(26)6-9)35-8-12(23(38)33-17(21(30)31)16(27)20(28)29)19(37)11-1-2-15(32-22(11)35)34-4-3-10(36)7-34/h1-2,5-6,8,10,16-17,20-21,36H,3-4,7H2,(H,33,38)/t10-,16?,17?/m0/s1. The molecule has 3 heterocycles. The van der Waals surface area contributed by atoms with Gasteiger partial charge in [0.2, 0.25) is 5.43 Å². The number of anilines is 1. The van der Waals surface area contributed by atoms with E-state index in [9.17, 15) is 49.8 Å². The molecule has 1 saturated heterocycles. The molecule has 0 bridgehead atoms. The van der Waals surface area contributed by atoms with Crippen LogP contribution in [-0.2, 0) is 0 Å². The Bertz CT molecular complexity index is 1410. The molecule has 1 fully saturated rings. The highest BCUT2D eigenvalue weighted by Gasteiger charge is 2.38. The van der Waals surface area contributed by atoms with E-state index in [4.69, 9.17) is 0 Å².